The second kappa shape index (κ2) is 6.30. The van der Waals surface area contributed by atoms with Gasteiger partial charge in [0.1, 0.15) is 11.4 Å². The average molecular weight is 303 g/mol. The summed E-state index contributed by atoms with van der Waals surface area (Å²) >= 11 is 0. The first kappa shape index (κ1) is 15.6. The van der Waals surface area contributed by atoms with Gasteiger partial charge in [-0.3, -0.25) is 0 Å². The van der Waals surface area contributed by atoms with Gasteiger partial charge in [0.15, 0.2) is 17.3 Å². The van der Waals surface area contributed by atoms with E-state index in [4.69, 9.17) is 9.47 Å². The lowest BCUT2D eigenvalue weighted by Crippen LogP contribution is -2.16. The van der Waals surface area contributed by atoms with Crippen molar-refractivity contribution in [3.8, 4) is 22.9 Å². The molecule has 0 spiro atoms. The lowest BCUT2D eigenvalue weighted by Gasteiger charge is -2.16. The Kier molecular flexibility index (Phi) is 4.45. The van der Waals surface area contributed by atoms with Crippen LogP contribution in [0.5, 0.6) is 11.5 Å². The molecule has 0 aliphatic rings. The Bertz CT molecular complexity index is 701. The number of rotatable bonds is 5. The third-order valence-electron chi connectivity index (χ3n) is 3.07. The van der Waals surface area contributed by atoms with E-state index in [9.17, 15) is 9.90 Å². The van der Waals surface area contributed by atoms with Crippen molar-refractivity contribution in [2.75, 3.05) is 33.2 Å². The summed E-state index contributed by atoms with van der Waals surface area (Å²) in [7, 11) is 6.52. The average Bonchev–Trinajstić information content (AvgIpc) is 2.53. The standard InChI is InChI=1S/C15H17N3O4/c1-18(2)14-10(15(19)20)8-16-13(17-14)9-6-5-7-11(21-3)12(9)22-4/h5-8H,1-4H3,(H,19,20). The smallest absolute Gasteiger partial charge is 0.341 e. The third-order valence-corrected chi connectivity index (χ3v) is 3.07. The van der Waals surface area contributed by atoms with Crippen LogP contribution in [0.3, 0.4) is 0 Å². The molecule has 1 aromatic carbocycles. The molecule has 0 bridgehead atoms. The highest BCUT2D eigenvalue weighted by molar-refractivity contribution is 5.93. The van der Waals surface area contributed by atoms with Crippen LogP contribution in [-0.2, 0) is 0 Å². The fourth-order valence-electron chi connectivity index (χ4n) is 2.06. The molecule has 7 heteroatoms. The SMILES string of the molecule is COc1cccc(-c2ncc(C(=O)O)c(N(C)C)n2)c1OC. The van der Waals surface area contributed by atoms with Crippen molar-refractivity contribution < 1.29 is 19.4 Å². The van der Waals surface area contributed by atoms with Crippen molar-refractivity contribution in [2.24, 2.45) is 0 Å². The van der Waals surface area contributed by atoms with Crippen LogP contribution in [0.25, 0.3) is 11.4 Å². The molecule has 22 heavy (non-hydrogen) atoms. The zero-order valence-electron chi connectivity index (χ0n) is 12.8. The Balaban J connectivity index is 2.64. The first-order chi connectivity index (χ1) is 10.5. The van der Waals surface area contributed by atoms with Gasteiger partial charge < -0.3 is 19.5 Å². The van der Waals surface area contributed by atoms with Crippen molar-refractivity contribution in [1.82, 2.24) is 9.97 Å². The maximum atomic E-state index is 11.2. The molecule has 0 atom stereocenters. The molecule has 0 aliphatic carbocycles. The van der Waals surface area contributed by atoms with E-state index in [1.807, 2.05) is 0 Å². The predicted octanol–water partition coefficient (Wildman–Crippen LogP) is 1.92. The van der Waals surface area contributed by atoms with E-state index in [0.29, 0.717) is 28.7 Å². The van der Waals surface area contributed by atoms with Crippen LogP contribution in [0.1, 0.15) is 10.4 Å². The van der Waals surface area contributed by atoms with Gasteiger partial charge in [-0.2, -0.15) is 0 Å². The largest absolute Gasteiger partial charge is 0.493 e. The highest BCUT2D eigenvalue weighted by atomic mass is 16.5. The Morgan fingerprint density at radius 2 is 1.95 bits per heavy atom. The van der Waals surface area contributed by atoms with Crippen LogP contribution in [-0.4, -0.2) is 49.4 Å². The van der Waals surface area contributed by atoms with Crippen molar-refractivity contribution in [3.05, 3.63) is 30.0 Å². The highest BCUT2D eigenvalue weighted by Gasteiger charge is 2.19. The first-order valence-electron chi connectivity index (χ1n) is 6.48. The molecule has 1 N–H and O–H groups in total. The second-order valence-corrected chi connectivity index (χ2v) is 4.67. The number of aromatic carboxylic acids is 1. The summed E-state index contributed by atoms with van der Waals surface area (Å²) in [6, 6.07) is 5.35. The number of hydrogen-bond acceptors (Lipinski definition) is 6. The topological polar surface area (TPSA) is 84.8 Å². The third kappa shape index (κ3) is 2.78. The van der Waals surface area contributed by atoms with Crippen LogP contribution in [0.2, 0.25) is 0 Å². The van der Waals surface area contributed by atoms with Gasteiger partial charge in [0.05, 0.1) is 19.8 Å². The van der Waals surface area contributed by atoms with Crippen molar-refractivity contribution in [1.29, 1.82) is 0 Å². The fraction of sp³-hybridized carbons (Fsp3) is 0.267. The van der Waals surface area contributed by atoms with E-state index < -0.39 is 5.97 Å². The summed E-state index contributed by atoms with van der Waals surface area (Å²) in [6.07, 6.45) is 1.29. The number of nitrogens with zero attached hydrogens (tertiary/aromatic N) is 3. The van der Waals surface area contributed by atoms with Gasteiger partial charge in [0.25, 0.3) is 0 Å². The zero-order valence-corrected chi connectivity index (χ0v) is 12.8. The van der Waals surface area contributed by atoms with Crippen LogP contribution in [0.4, 0.5) is 5.82 Å². The normalized spacial score (nSPS) is 10.2. The summed E-state index contributed by atoms with van der Waals surface area (Å²) < 4.78 is 10.6. The molecule has 1 heterocycles. The van der Waals surface area contributed by atoms with Gasteiger partial charge in [0, 0.05) is 20.3 Å². The van der Waals surface area contributed by atoms with Crippen molar-refractivity contribution in [3.63, 3.8) is 0 Å². The molecule has 7 nitrogen and oxygen atoms in total. The van der Waals surface area contributed by atoms with Gasteiger partial charge >= 0.3 is 5.97 Å². The fourth-order valence-corrected chi connectivity index (χ4v) is 2.06. The van der Waals surface area contributed by atoms with Crippen LogP contribution in [0.15, 0.2) is 24.4 Å². The Hall–Kier alpha value is -2.83. The van der Waals surface area contributed by atoms with Crippen molar-refractivity contribution in [2.45, 2.75) is 0 Å². The second-order valence-electron chi connectivity index (χ2n) is 4.67. The van der Waals surface area contributed by atoms with Crippen LogP contribution in [0, 0.1) is 0 Å². The zero-order chi connectivity index (χ0) is 16.3. The van der Waals surface area contributed by atoms with E-state index in [0.717, 1.165) is 0 Å². The van der Waals surface area contributed by atoms with E-state index in [2.05, 4.69) is 9.97 Å². The molecule has 116 valence electrons. The lowest BCUT2D eigenvalue weighted by molar-refractivity contribution is 0.0697. The number of benzene rings is 1. The summed E-state index contributed by atoms with van der Waals surface area (Å²) in [5.41, 5.74) is 0.664. The number of anilines is 1. The summed E-state index contributed by atoms with van der Waals surface area (Å²) in [5.74, 6) is 0.662. The number of carbonyl (C=O) groups is 1. The van der Waals surface area contributed by atoms with Gasteiger partial charge in [0.2, 0.25) is 0 Å². The monoisotopic (exact) mass is 303 g/mol. The summed E-state index contributed by atoms with van der Waals surface area (Å²) in [4.78, 5) is 21.4. The lowest BCUT2D eigenvalue weighted by atomic mass is 10.1. The highest BCUT2D eigenvalue weighted by Crippen LogP contribution is 2.36. The van der Waals surface area contributed by atoms with E-state index in [1.165, 1.54) is 13.3 Å². The summed E-state index contributed by atoms with van der Waals surface area (Å²) in [5, 5.41) is 9.21. The minimum absolute atomic E-state index is 0.0376. The quantitative estimate of drug-likeness (QED) is 0.903. The molecule has 2 aromatic rings. The Morgan fingerprint density at radius 1 is 1.23 bits per heavy atom. The summed E-state index contributed by atoms with van der Waals surface area (Å²) in [6.45, 7) is 0. The number of carboxylic acids is 1. The number of hydrogen-bond donors (Lipinski definition) is 1. The first-order valence-corrected chi connectivity index (χ1v) is 6.48. The van der Waals surface area contributed by atoms with Crippen LogP contribution >= 0.6 is 0 Å². The van der Waals surface area contributed by atoms with Gasteiger partial charge in [-0.05, 0) is 12.1 Å². The molecule has 0 saturated heterocycles. The van der Waals surface area contributed by atoms with Gasteiger partial charge in [-0.1, -0.05) is 6.07 Å². The molecular formula is C15H17N3O4. The maximum absolute atomic E-state index is 11.2. The molecular weight excluding hydrogens is 286 g/mol. The molecule has 2 rings (SSSR count). The van der Waals surface area contributed by atoms with Gasteiger partial charge in [-0.15, -0.1) is 0 Å². The molecule has 0 aliphatic heterocycles. The van der Waals surface area contributed by atoms with E-state index in [-0.39, 0.29) is 5.56 Å². The van der Waals surface area contributed by atoms with Crippen molar-refractivity contribution >= 4 is 11.8 Å². The minimum atomic E-state index is -1.08. The molecule has 0 unspecified atom stereocenters. The van der Waals surface area contributed by atoms with E-state index in [1.54, 1.807) is 44.3 Å². The van der Waals surface area contributed by atoms with Crippen LogP contribution < -0.4 is 14.4 Å². The molecule has 0 amide bonds. The number of ether oxygens (including phenoxy) is 2. The Labute approximate surface area is 128 Å². The van der Waals surface area contributed by atoms with E-state index >= 15 is 0 Å². The molecule has 0 radical (unpaired) electrons. The number of carboxylic acid groups (broad SMARTS) is 1. The maximum Gasteiger partial charge on any atom is 0.341 e. The van der Waals surface area contributed by atoms with Gasteiger partial charge in [-0.25, -0.2) is 14.8 Å². The Morgan fingerprint density at radius 3 is 2.50 bits per heavy atom. The predicted molar refractivity (Wildman–Crippen MR) is 81.9 cm³/mol. The minimum Gasteiger partial charge on any atom is -0.493 e. The number of para-hydroxylation sites is 1. The molecule has 0 fully saturated rings. The molecule has 1 aromatic heterocycles. The molecule has 0 saturated carbocycles. The number of methoxy groups -OCH3 is 2. The number of aromatic nitrogens is 2.